The number of amides is 1. The van der Waals surface area contributed by atoms with Gasteiger partial charge in [-0.15, -0.1) is 0 Å². The summed E-state index contributed by atoms with van der Waals surface area (Å²) in [5.74, 6) is -3.23. The number of piperazine rings is 1. The Bertz CT molecular complexity index is 475. The molecule has 4 nitrogen and oxygen atoms in total. The third kappa shape index (κ3) is 4.84. The molecule has 0 radical (unpaired) electrons. The third-order valence-electron chi connectivity index (χ3n) is 5.55. The minimum atomic E-state index is -3.97. The van der Waals surface area contributed by atoms with Crippen molar-refractivity contribution in [3.05, 3.63) is 0 Å². The molecule has 1 atom stereocenters. The Morgan fingerprint density at radius 3 is 2.12 bits per heavy atom. The van der Waals surface area contributed by atoms with Crippen LogP contribution in [0.5, 0.6) is 0 Å². The standard InChI is InChI=1S/C17H27F4N3O/c1-12(13-2-3-13)24(14-4-5-14)15(25)10-22-6-8-23(9-7-22)11-17(20,21)16(18)19/h12-14,16H,2-11H2,1H3. The maximum Gasteiger partial charge on any atom is 0.319 e. The first kappa shape index (κ1) is 18.9. The van der Waals surface area contributed by atoms with E-state index in [4.69, 9.17) is 0 Å². The lowest BCUT2D eigenvalue weighted by atomic mass is 10.1. The zero-order chi connectivity index (χ0) is 18.2. The van der Waals surface area contributed by atoms with Crippen LogP contribution in [0.4, 0.5) is 17.6 Å². The van der Waals surface area contributed by atoms with Crippen molar-refractivity contribution in [2.45, 2.75) is 57.0 Å². The molecule has 144 valence electrons. The summed E-state index contributed by atoms with van der Waals surface area (Å²) in [6.07, 6.45) is 0.880. The van der Waals surface area contributed by atoms with Crippen LogP contribution in [0.2, 0.25) is 0 Å². The van der Waals surface area contributed by atoms with E-state index in [1.54, 1.807) is 0 Å². The predicted octanol–water partition coefficient (Wildman–Crippen LogP) is 2.29. The highest BCUT2D eigenvalue weighted by Gasteiger charge is 2.44. The average Bonchev–Trinajstić information content (AvgIpc) is 3.42. The first-order valence-electron chi connectivity index (χ1n) is 9.20. The van der Waals surface area contributed by atoms with E-state index < -0.39 is 18.9 Å². The van der Waals surface area contributed by atoms with E-state index in [0.717, 1.165) is 12.8 Å². The van der Waals surface area contributed by atoms with Gasteiger partial charge in [-0.2, -0.15) is 8.78 Å². The molecular weight excluding hydrogens is 338 g/mol. The summed E-state index contributed by atoms with van der Waals surface area (Å²) in [7, 11) is 0. The fraction of sp³-hybridized carbons (Fsp3) is 0.941. The van der Waals surface area contributed by atoms with E-state index in [0.29, 0.717) is 31.6 Å². The van der Waals surface area contributed by atoms with Gasteiger partial charge < -0.3 is 4.90 Å². The summed E-state index contributed by atoms with van der Waals surface area (Å²) in [6, 6.07) is 0.653. The number of carbonyl (C=O) groups is 1. The van der Waals surface area contributed by atoms with Crippen molar-refractivity contribution in [2.24, 2.45) is 5.92 Å². The molecule has 0 aromatic heterocycles. The normalized spacial score (nSPS) is 24.6. The molecule has 1 heterocycles. The topological polar surface area (TPSA) is 26.8 Å². The van der Waals surface area contributed by atoms with Crippen molar-refractivity contribution in [1.82, 2.24) is 14.7 Å². The quantitative estimate of drug-likeness (QED) is 0.618. The summed E-state index contributed by atoms with van der Waals surface area (Å²) < 4.78 is 50.9. The Morgan fingerprint density at radius 1 is 1.08 bits per heavy atom. The van der Waals surface area contributed by atoms with Gasteiger partial charge in [0.05, 0.1) is 13.1 Å². The highest BCUT2D eigenvalue weighted by Crippen LogP contribution is 2.39. The van der Waals surface area contributed by atoms with E-state index >= 15 is 0 Å². The fourth-order valence-electron chi connectivity index (χ4n) is 3.67. The lowest BCUT2D eigenvalue weighted by Gasteiger charge is -2.37. The fourth-order valence-corrected chi connectivity index (χ4v) is 3.67. The van der Waals surface area contributed by atoms with Gasteiger partial charge in [-0.3, -0.25) is 14.6 Å². The van der Waals surface area contributed by atoms with E-state index in [-0.39, 0.29) is 25.0 Å². The second kappa shape index (κ2) is 7.39. The number of alkyl halides is 4. The van der Waals surface area contributed by atoms with Gasteiger partial charge in [0, 0.05) is 38.3 Å². The molecule has 3 fully saturated rings. The summed E-state index contributed by atoms with van der Waals surface area (Å²) >= 11 is 0. The van der Waals surface area contributed by atoms with Crippen LogP contribution in [0.3, 0.4) is 0 Å². The number of halogens is 4. The van der Waals surface area contributed by atoms with Crippen LogP contribution in [0.25, 0.3) is 0 Å². The van der Waals surface area contributed by atoms with Crippen LogP contribution in [-0.4, -0.2) is 84.3 Å². The lowest BCUT2D eigenvalue weighted by molar-refractivity contribution is -0.146. The number of nitrogens with zero attached hydrogens (tertiary/aromatic N) is 3. The van der Waals surface area contributed by atoms with Gasteiger partial charge in [0.2, 0.25) is 5.91 Å². The molecular formula is C17H27F4N3O. The van der Waals surface area contributed by atoms with E-state index in [1.165, 1.54) is 17.7 Å². The van der Waals surface area contributed by atoms with Crippen molar-refractivity contribution in [2.75, 3.05) is 39.3 Å². The predicted molar refractivity (Wildman–Crippen MR) is 85.9 cm³/mol. The Hall–Kier alpha value is -0.890. The van der Waals surface area contributed by atoms with E-state index in [9.17, 15) is 22.4 Å². The van der Waals surface area contributed by atoms with Crippen molar-refractivity contribution >= 4 is 5.91 Å². The molecule has 0 aromatic carbocycles. The van der Waals surface area contributed by atoms with Crippen LogP contribution < -0.4 is 0 Å². The number of rotatable bonds is 8. The van der Waals surface area contributed by atoms with Crippen LogP contribution >= 0.6 is 0 Å². The summed E-state index contributed by atoms with van der Waals surface area (Å²) in [5, 5.41) is 0. The number of carbonyl (C=O) groups excluding carboxylic acids is 1. The van der Waals surface area contributed by atoms with Crippen LogP contribution in [0.15, 0.2) is 0 Å². The maximum atomic E-state index is 13.1. The van der Waals surface area contributed by atoms with Gasteiger partial charge >= 0.3 is 12.3 Å². The van der Waals surface area contributed by atoms with Crippen molar-refractivity contribution < 1.29 is 22.4 Å². The minimum Gasteiger partial charge on any atom is -0.336 e. The highest BCUT2D eigenvalue weighted by atomic mass is 19.3. The summed E-state index contributed by atoms with van der Waals surface area (Å²) in [5.41, 5.74) is 0. The highest BCUT2D eigenvalue weighted by molar-refractivity contribution is 5.79. The Morgan fingerprint density at radius 2 is 1.64 bits per heavy atom. The molecule has 8 heteroatoms. The smallest absolute Gasteiger partial charge is 0.319 e. The first-order valence-corrected chi connectivity index (χ1v) is 9.20. The second-order valence-corrected chi connectivity index (χ2v) is 7.72. The molecule has 25 heavy (non-hydrogen) atoms. The first-order chi connectivity index (χ1) is 11.8. The van der Waals surface area contributed by atoms with Crippen LogP contribution in [0, 0.1) is 5.92 Å². The minimum absolute atomic E-state index is 0.119. The zero-order valence-electron chi connectivity index (χ0n) is 14.6. The monoisotopic (exact) mass is 365 g/mol. The molecule has 1 saturated heterocycles. The van der Waals surface area contributed by atoms with Crippen molar-refractivity contribution in [3.63, 3.8) is 0 Å². The van der Waals surface area contributed by atoms with Gasteiger partial charge in [0.15, 0.2) is 0 Å². The molecule has 0 aromatic rings. The number of hydrogen-bond donors (Lipinski definition) is 0. The molecule has 1 unspecified atom stereocenters. The molecule has 0 spiro atoms. The van der Waals surface area contributed by atoms with Gasteiger partial charge in [0.1, 0.15) is 0 Å². The van der Waals surface area contributed by atoms with Gasteiger partial charge in [-0.05, 0) is 38.5 Å². The Balaban J connectivity index is 1.46. The van der Waals surface area contributed by atoms with E-state index in [2.05, 4.69) is 6.92 Å². The SMILES string of the molecule is CC(C1CC1)N(C(=O)CN1CCN(CC(F)(F)C(F)F)CC1)C1CC1. The molecule has 3 rings (SSSR count). The molecule has 3 aliphatic rings. The van der Waals surface area contributed by atoms with Crippen LogP contribution in [0.1, 0.15) is 32.6 Å². The number of hydrogen-bond acceptors (Lipinski definition) is 3. The second-order valence-electron chi connectivity index (χ2n) is 7.72. The molecule has 2 saturated carbocycles. The molecule has 1 aliphatic heterocycles. The largest absolute Gasteiger partial charge is 0.336 e. The molecule has 0 bridgehead atoms. The summed E-state index contributed by atoms with van der Waals surface area (Å²) in [4.78, 5) is 18.1. The van der Waals surface area contributed by atoms with Gasteiger partial charge in [-0.1, -0.05) is 0 Å². The zero-order valence-corrected chi connectivity index (χ0v) is 14.6. The maximum absolute atomic E-state index is 13.1. The van der Waals surface area contributed by atoms with E-state index in [1.807, 2.05) is 9.80 Å². The van der Waals surface area contributed by atoms with Crippen LogP contribution in [-0.2, 0) is 4.79 Å². The van der Waals surface area contributed by atoms with Gasteiger partial charge in [-0.25, -0.2) is 8.78 Å². The Labute approximate surface area is 146 Å². The van der Waals surface area contributed by atoms with Crippen molar-refractivity contribution in [3.8, 4) is 0 Å². The third-order valence-corrected chi connectivity index (χ3v) is 5.55. The lowest BCUT2D eigenvalue weighted by Crippen LogP contribution is -2.54. The van der Waals surface area contributed by atoms with Gasteiger partial charge in [0.25, 0.3) is 0 Å². The molecule has 0 N–H and O–H groups in total. The average molecular weight is 365 g/mol. The van der Waals surface area contributed by atoms with Crippen molar-refractivity contribution in [1.29, 1.82) is 0 Å². The summed E-state index contributed by atoms with van der Waals surface area (Å²) in [6.45, 7) is 3.00. The molecule has 1 amide bonds. The molecule has 2 aliphatic carbocycles. The Kier molecular flexibility index (Phi) is 5.58.